The van der Waals surface area contributed by atoms with E-state index in [1.807, 2.05) is 0 Å². The minimum Gasteiger partial charge on any atom is -0.338 e. The molecule has 1 aromatic heterocycles. The Labute approximate surface area is 98.3 Å². The van der Waals surface area contributed by atoms with E-state index in [0.29, 0.717) is 12.1 Å². The normalized spacial score (nSPS) is 9.80. The van der Waals surface area contributed by atoms with Crippen LogP contribution < -0.4 is 0 Å². The van der Waals surface area contributed by atoms with Crippen LogP contribution in [0.2, 0.25) is 10.2 Å². The van der Waals surface area contributed by atoms with E-state index in [9.17, 15) is 4.79 Å². The molecule has 5 heteroatoms. The van der Waals surface area contributed by atoms with Crippen molar-refractivity contribution in [2.45, 2.75) is 0 Å². The predicted octanol–water partition coefficient (Wildman–Crippen LogP) is 2.65. The number of hydrogen-bond donors (Lipinski definition) is 0. The first-order valence-electron chi connectivity index (χ1n) is 4.23. The highest BCUT2D eigenvalue weighted by Crippen LogP contribution is 2.20. The molecule has 1 heterocycles. The molecule has 15 heavy (non-hydrogen) atoms. The summed E-state index contributed by atoms with van der Waals surface area (Å²) in [5.74, 6) is -0.166. The van der Waals surface area contributed by atoms with Crippen molar-refractivity contribution < 1.29 is 4.79 Å². The Morgan fingerprint density at radius 1 is 1.67 bits per heavy atom. The number of carbonyl (C=O) groups excluding carboxylic acids is 1. The lowest BCUT2D eigenvalue weighted by atomic mass is 10.2. The van der Waals surface area contributed by atoms with E-state index >= 15 is 0 Å². The molecule has 0 saturated carbocycles. The number of carbonyl (C=O) groups is 1. The van der Waals surface area contributed by atoms with Crippen LogP contribution in [-0.2, 0) is 0 Å². The minimum atomic E-state index is -0.166. The van der Waals surface area contributed by atoms with Crippen LogP contribution in [0.25, 0.3) is 0 Å². The summed E-state index contributed by atoms with van der Waals surface area (Å²) in [5, 5.41) is 0.467. The number of nitrogens with zero attached hydrogens (tertiary/aromatic N) is 2. The molecule has 1 rings (SSSR count). The first-order chi connectivity index (χ1) is 7.06. The van der Waals surface area contributed by atoms with Crippen LogP contribution in [0.5, 0.6) is 0 Å². The van der Waals surface area contributed by atoms with Gasteiger partial charge in [-0.25, -0.2) is 4.98 Å². The van der Waals surface area contributed by atoms with Gasteiger partial charge in [-0.05, 0) is 6.07 Å². The zero-order chi connectivity index (χ0) is 11.4. The van der Waals surface area contributed by atoms with Crippen LogP contribution in [0.3, 0.4) is 0 Å². The third-order valence-electron chi connectivity index (χ3n) is 1.79. The number of hydrogen-bond acceptors (Lipinski definition) is 2. The van der Waals surface area contributed by atoms with Gasteiger partial charge in [-0.3, -0.25) is 4.79 Å². The molecule has 0 aromatic carbocycles. The Morgan fingerprint density at radius 2 is 2.33 bits per heavy atom. The van der Waals surface area contributed by atoms with Crippen molar-refractivity contribution in [3.05, 3.63) is 40.7 Å². The molecule has 0 aliphatic rings. The molecule has 80 valence electrons. The molecule has 0 atom stereocenters. The van der Waals surface area contributed by atoms with E-state index in [1.54, 1.807) is 13.1 Å². The van der Waals surface area contributed by atoms with Crippen LogP contribution in [0.15, 0.2) is 24.9 Å². The number of halogens is 2. The topological polar surface area (TPSA) is 33.2 Å². The van der Waals surface area contributed by atoms with Gasteiger partial charge < -0.3 is 4.90 Å². The highest BCUT2D eigenvalue weighted by molar-refractivity contribution is 6.41. The first kappa shape index (κ1) is 12.0. The number of amides is 1. The third-order valence-corrected chi connectivity index (χ3v) is 2.48. The average molecular weight is 245 g/mol. The molecule has 1 aromatic rings. The Balaban J connectivity index is 2.91. The van der Waals surface area contributed by atoms with E-state index in [0.717, 1.165) is 0 Å². The molecule has 0 N–H and O–H groups in total. The molecule has 0 aliphatic carbocycles. The van der Waals surface area contributed by atoms with E-state index in [2.05, 4.69) is 11.6 Å². The molecular weight excluding hydrogens is 235 g/mol. The lowest BCUT2D eigenvalue weighted by molar-refractivity contribution is 0.0810. The van der Waals surface area contributed by atoms with E-state index in [-0.39, 0.29) is 16.1 Å². The fourth-order valence-corrected chi connectivity index (χ4v) is 1.30. The molecule has 0 aliphatic heterocycles. The Bertz CT molecular complexity index is 393. The van der Waals surface area contributed by atoms with Crippen LogP contribution >= 0.6 is 23.2 Å². The molecule has 0 fully saturated rings. The molecular formula is C10H10Cl2N2O. The Hall–Kier alpha value is -1.06. The van der Waals surface area contributed by atoms with Crippen molar-refractivity contribution >= 4 is 29.1 Å². The number of aromatic nitrogens is 1. The van der Waals surface area contributed by atoms with Gasteiger partial charge in [0.2, 0.25) is 0 Å². The lowest BCUT2D eigenvalue weighted by Gasteiger charge is -2.14. The summed E-state index contributed by atoms with van der Waals surface area (Å²) in [6.07, 6.45) is 3.04. The zero-order valence-corrected chi connectivity index (χ0v) is 9.72. The SMILES string of the molecule is C=CCN(C)C(=O)c1cnc(Cl)c(Cl)c1. The Morgan fingerprint density at radius 3 is 2.87 bits per heavy atom. The quantitative estimate of drug-likeness (QED) is 0.605. The number of likely N-dealkylation sites (N-methyl/N-ethyl adjacent to an activating group) is 1. The largest absolute Gasteiger partial charge is 0.338 e. The summed E-state index contributed by atoms with van der Waals surface area (Å²) in [7, 11) is 1.67. The predicted molar refractivity (Wildman–Crippen MR) is 61.4 cm³/mol. The van der Waals surface area contributed by atoms with Crippen molar-refractivity contribution in [2.24, 2.45) is 0 Å². The van der Waals surface area contributed by atoms with Gasteiger partial charge in [-0.2, -0.15) is 0 Å². The van der Waals surface area contributed by atoms with Crippen molar-refractivity contribution in [1.29, 1.82) is 0 Å². The lowest BCUT2D eigenvalue weighted by Crippen LogP contribution is -2.26. The molecule has 0 bridgehead atoms. The van der Waals surface area contributed by atoms with E-state index in [1.165, 1.54) is 17.2 Å². The number of pyridine rings is 1. The van der Waals surface area contributed by atoms with Crippen LogP contribution in [0, 0.1) is 0 Å². The monoisotopic (exact) mass is 244 g/mol. The zero-order valence-electron chi connectivity index (χ0n) is 8.20. The molecule has 3 nitrogen and oxygen atoms in total. The summed E-state index contributed by atoms with van der Waals surface area (Å²) in [5.41, 5.74) is 0.411. The number of rotatable bonds is 3. The minimum absolute atomic E-state index is 0.166. The second-order valence-electron chi connectivity index (χ2n) is 2.97. The third kappa shape index (κ3) is 2.94. The summed E-state index contributed by atoms with van der Waals surface area (Å²) >= 11 is 11.4. The fraction of sp³-hybridized carbons (Fsp3) is 0.200. The molecule has 0 unspecified atom stereocenters. The summed E-state index contributed by atoms with van der Waals surface area (Å²) in [6.45, 7) is 4.02. The summed E-state index contributed by atoms with van der Waals surface area (Å²) < 4.78 is 0. The highest BCUT2D eigenvalue weighted by Gasteiger charge is 2.12. The van der Waals surface area contributed by atoms with Gasteiger partial charge in [0.15, 0.2) is 0 Å². The van der Waals surface area contributed by atoms with Crippen molar-refractivity contribution in [3.63, 3.8) is 0 Å². The first-order valence-corrected chi connectivity index (χ1v) is 4.99. The van der Waals surface area contributed by atoms with Crippen LogP contribution in [0.4, 0.5) is 0 Å². The van der Waals surface area contributed by atoms with Gasteiger partial charge >= 0.3 is 0 Å². The summed E-state index contributed by atoms with van der Waals surface area (Å²) in [4.78, 5) is 17.0. The standard InChI is InChI=1S/C10H10Cl2N2O/c1-3-4-14(2)10(15)7-5-8(11)9(12)13-6-7/h3,5-6H,1,4H2,2H3. The van der Waals surface area contributed by atoms with Gasteiger partial charge in [0, 0.05) is 19.8 Å². The van der Waals surface area contributed by atoms with Gasteiger partial charge in [0.05, 0.1) is 10.6 Å². The van der Waals surface area contributed by atoms with Crippen molar-refractivity contribution in [1.82, 2.24) is 9.88 Å². The molecule has 0 radical (unpaired) electrons. The fourth-order valence-electron chi connectivity index (χ4n) is 1.04. The second kappa shape index (κ2) is 5.14. The van der Waals surface area contributed by atoms with Gasteiger partial charge in [0.1, 0.15) is 5.15 Å². The van der Waals surface area contributed by atoms with Crippen molar-refractivity contribution in [2.75, 3.05) is 13.6 Å². The highest BCUT2D eigenvalue weighted by atomic mass is 35.5. The smallest absolute Gasteiger partial charge is 0.255 e. The maximum absolute atomic E-state index is 11.7. The maximum Gasteiger partial charge on any atom is 0.255 e. The average Bonchev–Trinajstić information content (AvgIpc) is 2.21. The van der Waals surface area contributed by atoms with Crippen LogP contribution in [-0.4, -0.2) is 29.4 Å². The van der Waals surface area contributed by atoms with Gasteiger partial charge in [-0.1, -0.05) is 29.3 Å². The second-order valence-corrected chi connectivity index (χ2v) is 3.74. The van der Waals surface area contributed by atoms with Gasteiger partial charge in [-0.15, -0.1) is 6.58 Å². The van der Waals surface area contributed by atoms with Gasteiger partial charge in [0.25, 0.3) is 5.91 Å². The van der Waals surface area contributed by atoms with E-state index < -0.39 is 0 Å². The van der Waals surface area contributed by atoms with Crippen LogP contribution in [0.1, 0.15) is 10.4 Å². The molecule has 1 amide bonds. The molecule has 0 saturated heterocycles. The Kier molecular flexibility index (Phi) is 4.12. The summed E-state index contributed by atoms with van der Waals surface area (Å²) in [6, 6.07) is 1.50. The van der Waals surface area contributed by atoms with Crippen molar-refractivity contribution in [3.8, 4) is 0 Å². The van der Waals surface area contributed by atoms with E-state index in [4.69, 9.17) is 23.2 Å². The maximum atomic E-state index is 11.7. The molecule has 0 spiro atoms.